The second-order valence-electron chi connectivity index (χ2n) is 6.18. The molecule has 0 bridgehead atoms. The summed E-state index contributed by atoms with van der Waals surface area (Å²) in [6, 6.07) is 4.77. The van der Waals surface area contributed by atoms with E-state index in [0.29, 0.717) is 5.92 Å². The first-order valence-corrected chi connectivity index (χ1v) is 8.35. The maximum atomic E-state index is 13.5. The van der Waals surface area contributed by atoms with Gasteiger partial charge in [-0.2, -0.15) is 0 Å². The van der Waals surface area contributed by atoms with E-state index in [1.165, 1.54) is 23.0 Å². The SMILES string of the molecule is O=C(NCCn1cnc(C2CCCC2)cc1=O)c1c(F)cccc1F. The lowest BCUT2D eigenvalue weighted by atomic mass is 10.0. The van der Waals surface area contributed by atoms with Crippen LogP contribution in [0, 0.1) is 11.6 Å². The van der Waals surface area contributed by atoms with Crippen molar-refractivity contribution in [1.82, 2.24) is 14.9 Å². The first-order chi connectivity index (χ1) is 12.1. The van der Waals surface area contributed by atoms with Crippen molar-refractivity contribution in [2.75, 3.05) is 6.54 Å². The van der Waals surface area contributed by atoms with Gasteiger partial charge in [0.15, 0.2) is 0 Å². The zero-order chi connectivity index (χ0) is 17.8. The lowest BCUT2D eigenvalue weighted by Gasteiger charge is -2.11. The van der Waals surface area contributed by atoms with Gasteiger partial charge in [0.05, 0.1) is 12.0 Å². The number of hydrogen-bond acceptors (Lipinski definition) is 3. The minimum atomic E-state index is -0.919. The van der Waals surface area contributed by atoms with E-state index < -0.39 is 23.1 Å². The Hall–Kier alpha value is -2.57. The fourth-order valence-corrected chi connectivity index (χ4v) is 3.15. The van der Waals surface area contributed by atoms with Gasteiger partial charge < -0.3 is 5.32 Å². The van der Waals surface area contributed by atoms with Crippen molar-refractivity contribution in [3.8, 4) is 0 Å². The summed E-state index contributed by atoms with van der Waals surface area (Å²) in [6.45, 7) is 0.246. The van der Waals surface area contributed by atoms with Crippen LogP contribution in [0.5, 0.6) is 0 Å². The molecular weight excluding hydrogens is 328 g/mol. The van der Waals surface area contributed by atoms with E-state index in [1.807, 2.05) is 0 Å². The molecule has 25 heavy (non-hydrogen) atoms. The van der Waals surface area contributed by atoms with Gasteiger partial charge in [-0.25, -0.2) is 13.8 Å². The molecule has 0 unspecified atom stereocenters. The Morgan fingerprint density at radius 3 is 2.56 bits per heavy atom. The molecule has 3 rings (SSSR count). The Morgan fingerprint density at radius 2 is 1.92 bits per heavy atom. The molecule has 1 fully saturated rings. The van der Waals surface area contributed by atoms with Crippen molar-refractivity contribution in [3.05, 3.63) is 63.8 Å². The molecule has 0 saturated heterocycles. The average Bonchev–Trinajstić information content (AvgIpc) is 3.10. The molecule has 1 saturated carbocycles. The summed E-state index contributed by atoms with van der Waals surface area (Å²) in [5.74, 6) is -2.33. The van der Waals surface area contributed by atoms with Crippen LogP contribution in [0.1, 0.15) is 47.7 Å². The van der Waals surface area contributed by atoms with Gasteiger partial charge >= 0.3 is 0 Å². The number of nitrogens with zero attached hydrogens (tertiary/aromatic N) is 2. The third-order valence-corrected chi connectivity index (χ3v) is 4.50. The molecule has 1 amide bonds. The fraction of sp³-hybridized carbons (Fsp3) is 0.389. The van der Waals surface area contributed by atoms with Crippen molar-refractivity contribution < 1.29 is 13.6 Å². The maximum Gasteiger partial charge on any atom is 0.257 e. The summed E-state index contributed by atoms with van der Waals surface area (Å²) in [6.07, 6.45) is 5.90. The second-order valence-corrected chi connectivity index (χ2v) is 6.18. The largest absolute Gasteiger partial charge is 0.350 e. The summed E-state index contributed by atoms with van der Waals surface area (Å²) in [5.41, 5.74) is 0.00369. The van der Waals surface area contributed by atoms with Gasteiger partial charge in [-0.05, 0) is 25.0 Å². The Morgan fingerprint density at radius 1 is 1.24 bits per heavy atom. The van der Waals surface area contributed by atoms with Crippen LogP contribution in [-0.4, -0.2) is 22.0 Å². The minimum absolute atomic E-state index is 0.0664. The monoisotopic (exact) mass is 347 g/mol. The van der Waals surface area contributed by atoms with Gasteiger partial charge in [0.1, 0.15) is 17.2 Å². The van der Waals surface area contributed by atoms with Crippen molar-refractivity contribution >= 4 is 5.91 Å². The molecule has 5 nitrogen and oxygen atoms in total. The number of carbonyl (C=O) groups is 1. The van der Waals surface area contributed by atoms with Crippen LogP contribution < -0.4 is 10.9 Å². The zero-order valence-electron chi connectivity index (χ0n) is 13.7. The van der Waals surface area contributed by atoms with E-state index in [1.54, 1.807) is 0 Å². The molecular formula is C18H19F2N3O2. The second kappa shape index (κ2) is 7.55. The molecule has 1 aromatic heterocycles. The van der Waals surface area contributed by atoms with Crippen LogP contribution >= 0.6 is 0 Å². The quantitative estimate of drug-likeness (QED) is 0.904. The number of aromatic nitrogens is 2. The molecule has 0 radical (unpaired) electrons. The molecule has 7 heteroatoms. The van der Waals surface area contributed by atoms with E-state index in [0.717, 1.165) is 43.5 Å². The van der Waals surface area contributed by atoms with Gasteiger partial charge in [0.2, 0.25) is 0 Å². The van der Waals surface area contributed by atoms with Crippen LogP contribution in [0.15, 0.2) is 35.4 Å². The summed E-state index contributed by atoms with van der Waals surface area (Å²) < 4.78 is 28.5. The lowest BCUT2D eigenvalue weighted by molar-refractivity contribution is 0.0943. The van der Waals surface area contributed by atoms with Crippen molar-refractivity contribution in [3.63, 3.8) is 0 Å². The number of carbonyl (C=O) groups excluding carboxylic acids is 1. The van der Waals surface area contributed by atoms with Crippen LogP contribution in [0.25, 0.3) is 0 Å². The van der Waals surface area contributed by atoms with Crippen LogP contribution in [0.2, 0.25) is 0 Å². The predicted octanol–water partition coefficient (Wildman–Crippen LogP) is 2.61. The summed E-state index contributed by atoms with van der Waals surface area (Å²) in [4.78, 5) is 28.4. The van der Waals surface area contributed by atoms with E-state index in [9.17, 15) is 18.4 Å². The van der Waals surface area contributed by atoms with Gasteiger partial charge in [-0.3, -0.25) is 14.2 Å². The summed E-state index contributed by atoms with van der Waals surface area (Å²) >= 11 is 0. The molecule has 1 N–H and O–H groups in total. The molecule has 0 atom stereocenters. The molecule has 0 aliphatic heterocycles. The van der Waals surface area contributed by atoms with Crippen molar-refractivity contribution in [2.45, 2.75) is 38.1 Å². The Kier molecular flexibility index (Phi) is 5.21. The van der Waals surface area contributed by atoms with Gasteiger partial charge in [0, 0.05) is 25.1 Å². The number of amides is 1. The highest BCUT2D eigenvalue weighted by Crippen LogP contribution is 2.32. The Labute approximate surface area is 143 Å². The van der Waals surface area contributed by atoms with Gasteiger partial charge in [-0.1, -0.05) is 18.9 Å². The molecule has 1 aromatic carbocycles. The summed E-state index contributed by atoms with van der Waals surface area (Å²) in [7, 11) is 0. The lowest BCUT2D eigenvalue weighted by Crippen LogP contribution is -2.32. The van der Waals surface area contributed by atoms with Gasteiger partial charge in [0.25, 0.3) is 11.5 Å². The molecule has 0 spiro atoms. The standard InChI is InChI=1S/C18H19F2N3O2/c19-13-6-3-7-14(20)17(13)18(25)21-8-9-23-11-22-15(10-16(23)24)12-4-1-2-5-12/h3,6-7,10-12H,1-2,4-5,8-9H2,(H,21,25). The maximum absolute atomic E-state index is 13.5. The highest BCUT2D eigenvalue weighted by atomic mass is 19.1. The van der Waals surface area contributed by atoms with Crippen LogP contribution in [0.3, 0.4) is 0 Å². The average molecular weight is 347 g/mol. The first-order valence-electron chi connectivity index (χ1n) is 8.35. The number of nitrogens with one attached hydrogen (secondary N) is 1. The minimum Gasteiger partial charge on any atom is -0.350 e. The number of rotatable bonds is 5. The first kappa shape index (κ1) is 17.3. The Balaban J connectivity index is 1.60. The zero-order valence-corrected chi connectivity index (χ0v) is 13.7. The van der Waals surface area contributed by atoms with Gasteiger partial charge in [-0.15, -0.1) is 0 Å². The van der Waals surface area contributed by atoms with Crippen molar-refractivity contribution in [2.24, 2.45) is 0 Å². The summed E-state index contributed by atoms with van der Waals surface area (Å²) in [5, 5.41) is 2.42. The normalized spacial score (nSPS) is 14.6. The van der Waals surface area contributed by atoms with E-state index >= 15 is 0 Å². The van der Waals surface area contributed by atoms with E-state index in [2.05, 4.69) is 10.3 Å². The fourth-order valence-electron chi connectivity index (χ4n) is 3.15. The predicted molar refractivity (Wildman–Crippen MR) is 88.4 cm³/mol. The Bertz CT molecular complexity index is 809. The van der Waals surface area contributed by atoms with Crippen LogP contribution in [0.4, 0.5) is 8.78 Å². The molecule has 2 aromatic rings. The smallest absolute Gasteiger partial charge is 0.257 e. The third-order valence-electron chi connectivity index (χ3n) is 4.50. The molecule has 1 heterocycles. The highest BCUT2D eigenvalue weighted by molar-refractivity contribution is 5.94. The van der Waals surface area contributed by atoms with Crippen LogP contribution in [-0.2, 0) is 6.54 Å². The van der Waals surface area contributed by atoms with E-state index in [4.69, 9.17) is 0 Å². The third kappa shape index (κ3) is 3.92. The topological polar surface area (TPSA) is 64.0 Å². The number of halogens is 2. The molecule has 1 aliphatic rings. The highest BCUT2D eigenvalue weighted by Gasteiger charge is 2.19. The van der Waals surface area contributed by atoms with Crippen molar-refractivity contribution in [1.29, 1.82) is 0 Å². The van der Waals surface area contributed by atoms with E-state index in [-0.39, 0.29) is 18.6 Å². The number of hydrogen-bond donors (Lipinski definition) is 1. The molecule has 1 aliphatic carbocycles. The molecule has 132 valence electrons. The number of benzene rings is 1.